The van der Waals surface area contributed by atoms with E-state index in [-0.39, 0.29) is 5.69 Å². The molecule has 4 nitrogen and oxygen atoms in total. The second-order valence-corrected chi connectivity index (χ2v) is 3.12. The molecule has 0 saturated heterocycles. The molecule has 0 aliphatic rings. The van der Waals surface area contributed by atoms with Gasteiger partial charge >= 0.3 is 5.69 Å². The lowest BCUT2D eigenvalue weighted by molar-refractivity contribution is -0.386. The Morgan fingerprint density at radius 3 is 2.69 bits per heavy atom. The van der Waals surface area contributed by atoms with Gasteiger partial charge in [0.1, 0.15) is 0 Å². The van der Waals surface area contributed by atoms with E-state index in [0.29, 0.717) is 5.75 Å². The summed E-state index contributed by atoms with van der Waals surface area (Å²) in [7, 11) is 1.43. The van der Waals surface area contributed by atoms with Crippen LogP contribution in [0.3, 0.4) is 0 Å². The molecule has 0 heterocycles. The van der Waals surface area contributed by atoms with Crippen LogP contribution in [0.15, 0.2) is 23.1 Å². The van der Waals surface area contributed by atoms with Crippen molar-refractivity contribution < 1.29 is 9.66 Å². The number of thioether (sulfide) groups is 1. The highest BCUT2D eigenvalue weighted by atomic mass is 32.2. The van der Waals surface area contributed by atoms with E-state index in [2.05, 4.69) is 0 Å². The minimum absolute atomic E-state index is 0.00866. The van der Waals surface area contributed by atoms with Gasteiger partial charge in [-0.05, 0) is 12.3 Å². The molecule has 0 unspecified atom stereocenters. The van der Waals surface area contributed by atoms with Crippen LogP contribution in [0, 0.1) is 10.1 Å². The minimum atomic E-state index is -0.446. The van der Waals surface area contributed by atoms with E-state index in [1.807, 2.05) is 6.26 Å². The molecule has 0 fully saturated rings. The highest BCUT2D eigenvalue weighted by molar-refractivity contribution is 7.98. The Morgan fingerprint density at radius 2 is 2.23 bits per heavy atom. The molecule has 0 amide bonds. The maximum atomic E-state index is 10.6. The van der Waals surface area contributed by atoms with Gasteiger partial charge in [-0.2, -0.15) is 0 Å². The Hall–Kier alpha value is -1.23. The molecule has 5 heteroatoms. The fourth-order valence-corrected chi connectivity index (χ4v) is 1.60. The van der Waals surface area contributed by atoms with Gasteiger partial charge in [-0.25, -0.2) is 0 Å². The van der Waals surface area contributed by atoms with E-state index in [1.54, 1.807) is 12.1 Å². The molecule has 13 heavy (non-hydrogen) atoms. The predicted molar refractivity (Wildman–Crippen MR) is 51.4 cm³/mol. The van der Waals surface area contributed by atoms with Gasteiger partial charge in [-0.15, -0.1) is 11.8 Å². The zero-order chi connectivity index (χ0) is 9.84. The number of ether oxygens (including phenoxy) is 1. The molecule has 0 aliphatic heterocycles. The largest absolute Gasteiger partial charge is 0.489 e. The third-order valence-corrected chi connectivity index (χ3v) is 2.34. The molecule has 1 rings (SSSR count). The molecule has 0 N–H and O–H groups in total. The highest BCUT2D eigenvalue weighted by Gasteiger charge is 2.16. The van der Waals surface area contributed by atoms with Crippen LogP contribution < -0.4 is 4.74 Å². The zero-order valence-electron chi connectivity index (χ0n) is 7.31. The Balaban J connectivity index is 3.27. The lowest BCUT2D eigenvalue weighted by Gasteiger charge is -2.05. The van der Waals surface area contributed by atoms with Gasteiger partial charge in [0.05, 0.1) is 16.9 Å². The summed E-state index contributed by atoms with van der Waals surface area (Å²) in [5.74, 6) is 0.333. The average molecular weight is 199 g/mol. The molecule has 0 spiro atoms. The topological polar surface area (TPSA) is 52.4 Å². The number of rotatable bonds is 3. The number of nitro groups is 1. The Labute approximate surface area is 80.1 Å². The molecule has 1 aromatic rings. The summed E-state index contributed by atoms with van der Waals surface area (Å²) in [4.78, 5) is 10.9. The van der Waals surface area contributed by atoms with Crippen molar-refractivity contribution in [2.75, 3.05) is 13.4 Å². The van der Waals surface area contributed by atoms with Crippen molar-refractivity contribution in [2.45, 2.75) is 4.90 Å². The van der Waals surface area contributed by atoms with Crippen LogP contribution in [0.4, 0.5) is 5.69 Å². The van der Waals surface area contributed by atoms with Gasteiger partial charge in [-0.3, -0.25) is 10.1 Å². The van der Waals surface area contributed by atoms with Gasteiger partial charge in [0.25, 0.3) is 0 Å². The number of nitro benzene ring substituents is 1. The van der Waals surface area contributed by atoms with Gasteiger partial charge in [0.15, 0.2) is 0 Å². The van der Waals surface area contributed by atoms with Crippen molar-refractivity contribution in [3.05, 3.63) is 28.3 Å². The van der Waals surface area contributed by atoms with Gasteiger partial charge in [-0.1, -0.05) is 6.07 Å². The van der Waals surface area contributed by atoms with Crippen molar-refractivity contribution in [2.24, 2.45) is 0 Å². The molecule has 1 aromatic carbocycles. The Kier molecular flexibility index (Phi) is 3.13. The van der Waals surface area contributed by atoms with E-state index >= 15 is 0 Å². The van der Waals surface area contributed by atoms with Gasteiger partial charge in [0.2, 0.25) is 5.75 Å². The van der Waals surface area contributed by atoms with Crippen molar-refractivity contribution >= 4 is 17.4 Å². The van der Waals surface area contributed by atoms with Gasteiger partial charge in [0, 0.05) is 6.07 Å². The van der Waals surface area contributed by atoms with Crippen LogP contribution in [0.1, 0.15) is 0 Å². The van der Waals surface area contributed by atoms with E-state index in [9.17, 15) is 10.1 Å². The molecule has 0 aromatic heterocycles. The second-order valence-electron chi connectivity index (χ2n) is 2.27. The third-order valence-electron chi connectivity index (χ3n) is 1.58. The first kappa shape index (κ1) is 9.85. The summed E-state index contributed by atoms with van der Waals surface area (Å²) in [6.45, 7) is 0. The quantitative estimate of drug-likeness (QED) is 0.426. The molecule has 0 bridgehead atoms. The zero-order valence-corrected chi connectivity index (χ0v) is 8.13. The first-order valence-electron chi connectivity index (χ1n) is 3.56. The van der Waals surface area contributed by atoms with Crippen LogP contribution in [-0.4, -0.2) is 18.3 Å². The van der Waals surface area contributed by atoms with E-state index < -0.39 is 4.92 Å². The van der Waals surface area contributed by atoms with E-state index in [1.165, 1.54) is 24.9 Å². The lowest BCUT2D eigenvalue weighted by Crippen LogP contribution is -1.94. The number of methoxy groups -OCH3 is 1. The molecule has 0 atom stereocenters. The predicted octanol–water partition coefficient (Wildman–Crippen LogP) is 2.33. The van der Waals surface area contributed by atoms with Crippen LogP contribution in [0.5, 0.6) is 5.75 Å². The SMILES string of the molecule is COc1c(SC)cccc1[N+](=O)[O-]. The number of hydrogen-bond donors (Lipinski definition) is 0. The summed E-state index contributed by atoms with van der Waals surface area (Å²) in [5.41, 5.74) is 0.00866. The Morgan fingerprint density at radius 1 is 1.54 bits per heavy atom. The van der Waals surface area contributed by atoms with Crippen LogP contribution in [0.2, 0.25) is 0 Å². The number of hydrogen-bond acceptors (Lipinski definition) is 4. The summed E-state index contributed by atoms with van der Waals surface area (Å²) in [6, 6.07) is 4.86. The summed E-state index contributed by atoms with van der Waals surface area (Å²) in [6.07, 6.45) is 1.85. The normalized spacial score (nSPS) is 9.69. The number of para-hydroxylation sites is 1. The van der Waals surface area contributed by atoms with Crippen LogP contribution in [0.25, 0.3) is 0 Å². The molecule has 70 valence electrons. The molecule has 0 radical (unpaired) electrons. The molecule has 0 saturated carbocycles. The van der Waals surface area contributed by atoms with Gasteiger partial charge < -0.3 is 4.74 Å². The smallest absolute Gasteiger partial charge is 0.312 e. The summed E-state index contributed by atoms with van der Waals surface area (Å²) >= 11 is 1.42. The fourth-order valence-electron chi connectivity index (χ4n) is 1.01. The Bertz CT molecular complexity index is 327. The lowest BCUT2D eigenvalue weighted by atomic mass is 10.3. The molecular weight excluding hydrogens is 190 g/mol. The van der Waals surface area contributed by atoms with Crippen molar-refractivity contribution in [3.63, 3.8) is 0 Å². The maximum absolute atomic E-state index is 10.6. The third kappa shape index (κ3) is 1.92. The summed E-state index contributed by atoms with van der Waals surface area (Å²) < 4.78 is 4.97. The number of benzene rings is 1. The first-order valence-corrected chi connectivity index (χ1v) is 4.78. The van der Waals surface area contributed by atoms with Crippen molar-refractivity contribution in [1.82, 2.24) is 0 Å². The van der Waals surface area contributed by atoms with Crippen molar-refractivity contribution in [3.8, 4) is 5.75 Å². The number of nitrogens with zero attached hydrogens (tertiary/aromatic N) is 1. The standard InChI is InChI=1S/C8H9NO3S/c1-12-8-6(9(10)11)4-3-5-7(8)13-2/h3-5H,1-2H3. The first-order chi connectivity index (χ1) is 6.20. The molecule has 0 aliphatic carbocycles. The monoisotopic (exact) mass is 199 g/mol. The molecular formula is C8H9NO3S. The highest BCUT2D eigenvalue weighted by Crippen LogP contribution is 2.35. The second kappa shape index (κ2) is 4.13. The fraction of sp³-hybridized carbons (Fsp3) is 0.250. The average Bonchev–Trinajstić information content (AvgIpc) is 2.16. The van der Waals surface area contributed by atoms with E-state index in [0.717, 1.165) is 4.90 Å². The van der Waals surface area contributed by atoms with Crippen LogP contribution in [-0.2, 0) is 0 Å². The van der Waals surface area contributed by atoms with Crippen molar-refractivity contribution in [1.29, 1.82) is 0 Å². The van der Waals surface area contributed by atoms with Crippen LogP contribution >= 0.6 is 11.8 Å². The van der Waals surface area contributed by atoms with E-state index in [4.69, 9.17) is 4.74 Å². The minimum Gasteiger partial charge on any atom is -0.489 e. The maximum Gasteiger partial charge on any atom is 0.312 e. The summed E-state index contributed by atoms with van der Waals surface area (Å²) in [5, 5.41) is 10.6.